The molecule has 1 amide bonds. The third kappa shape index (κ3) is 5.05. The molecule has 0 bridgehead atoms. The van der Waals surface area contributed by atoms with Crippen LogP contribution in [0.4, 0.5) is 5.95 Å². The Kier molecular flexibility index (Phi) is 6.10. The third-order valence-corrected chi connectivity index (χ3v) is 5.00. The monoisotopic (exact) mass is 486 g/mol. The van der Waals surface area contributed by atoms with Gasteiger partial charge in [-0.3, -0.25) is 10.1 Å². The Morgan fingerprint density at radius 1 is 1.07 bits per heavy atom. The number of ether oxygens (including phenoxy) is 1. The second-order valence-electron chi connectivity index (χ2n) is 6.28. The topological polar surface area (TPSA) is 86.9 Å². The zero-order valence-electron chi connectivity index (χ0n) is 15.6. The summed E-state index contributed by atoms with van der Waals surface area (Å²) in [5.74, 6) is 0.480. The number of aromatic nitrogens is 5. The van der Waals surface area contributed by atoms with Crippen LogP contribution < -0.4 is 10.1 Å². The third-order valence-electron chi connectivity index (χ3n) is 4.10. The first-order valence-corrected chi connectivity index (χ1v) is 10.1. The fourth-order valence-electron chi connectivity index (χ4n) is 2.62. The lowest BCUT2D eigenvalue weighted by Gasteiger charge is -2.06. The van der Waals surface area contributed by atoms with Crippen LogP contribution in [0.3, 0.4) is 0 Å². The molecule has 0 aliphatic heterocycles. The van der Waals surface area contributed by atoms with Gasteiger partial charge in [-0.25, -0.2) is 14.3 Å². The number of anilines is 1. The van der Waals surface area contributed by atoms with E-state index >= 15 is 0 Å². The number of halogens is 2. The van der Waals surface area contributed by atoms with Gasteiger partial charge in [0.1, 0.15) is 12.1 Å². The summed E-state index contributed by atoms with van der Waals surface area (Å²) < 4.78 is 9.73. The molecule has 0 atom stereocenters. The molecular weight excluding hydrogens is 472 g/mol. The zero-order valence-corrected chi connectivity index (χ0v) is 17.9. The van der Waals surface area contributed by atoms with Gasteiger partial charge >= 0.3 is 0 Å². The maximum atomic E-state index is 12.4. The van der Waals surface area contributed by atoms with Gasteiger partial charge in [-0.05, 0) is 42.0 Å². The number of amides is 1. The highest BCUT2D eigenvalue weighted by atomic mass is 79.9. The van der Waals surface area contributed by atoms with E-state index in [-0.39, 0.29) is 18.4 Å². The van der Waals surface area contributed by atoms with E-state index in [0.29, 0.717) is 17.3 Å². The van der Waals surface area contributed by atoms with Crippen molar-refractivity contribution in [1.82, 2.24) is 24.5 Å². The Hall–Kier alpha value is -3.17. The van der Waals surface area contributed by atoms with Gasteiger partial charge in [0.05, 0.1) is 6.54 Å². The van der Waals surface area contributed by atoms with Crippen molar-refractivity contribution in [3.8, 4) is 5.75 Å². The Morgan fingerprint density at radius 2 is 1.87 bits per heavy atom. The van der Waals surface area contributed by atoms with E-state index < -0.39 is 5.91 Å². The van der Waals surface area contributed by atoms with Crippen LogP contribution in [0.1, 0.15) is 16.1 Å². The summed E-state index contributed by atoms with van der Waals surface area (Å²) in [4.78, 5) is 16.5. The zero-order chi connectivity index (χ0) is 20.9. The quantitative estimate of drug-likeness (QED) is 0.422. The molecule has 0 saturated carbocycles. The van der Waals surface area contributed by atoms with Crippen LogP contribution in [0.5, 0.6) is 5.75 Å². The smallest absolute Gasteiger partial charge is 0.278 e. The van der Waals surface area contributed by atoms with Crippen molar-refractivity contribution in [3.63, 3.8) is 0 Å². The average molecular weight is 488 g/mol. The molecule has 0 fully saturated rings. The molecule has 30 heavy (non-hydrogen) atoms. The first-order chi connectivity index (χ1) is 14.6. The van der Waals surface area contributed by atoms with E-state index in [1.54, 1.807) is 16.9 Å². The van der Waals surface area contributed by atoms with Gasteiger partial charge in [-0.15, -0.1) is 5.10 Å². The Morgan fingerprint density at radius 3 is 2.67 bits per heavy atom. The molecule has 0 spiro atoms. The van der Waals surface area contributed by atoms with Crippen LogP contribution in [0.2, 0.25) is 5.02 Å². The molecule has 4 rings (SSSR count). The molecule has 0 aliphatic rings. The van der Waals surface area contributed by atoms with Crippen LogP contribution in [0, 0.1) is 0 Å². The largest absolute Gasteiger partial charge is 0.471 e. The number of benzene rings is 2. The Labute approximate surface area is 185 Å². The van der Waals surface area contributed by atoms with E-state index in [2.05, 4.69) is 36.4 Å². The second kappa shape index (κ2) is 9.10. The number of hydrogen-bond donors (Lipinski definition) is 1. The van der Waals surface area contributed by atoms with E-state index in [1.165, 1.54) is 11.0 Å². The summed E-state index contributed by atoms with van der Waals surface area (Å²) >= 11 is 9.54. The lowest BCUT2D eigenvalue weighted by molar-refractivity contribution is 0.101. The molecule has 10 heteroatoms. The van der Waals surface area contributed by atoms with E-state index in [9.17, 15) is 4.79 Å². The summed E-state index contributed by atoms with van der Waals surface area (Å²) in [5, 5.41) is 11.8. The molecule has 2 heterocycles. The highest BCUT2D eigenvalue weighted by molar-refractivity contribution is 9.10. The van der Waals surface area contributed by atoms with Crippen molar-refractivity contribution in [1.29, 1.82) is 0 Å². The van der Waals surface area contributed by atoms with Gasteiger partial charge in [0.2, 0.25) is 5.95 Å². The van der Waals surface area contributed by atoms with Gasteiger partial charge < -0.3 is 4.74 Å². The highest BCUT2D eigenvalue weighted by Gasteiger charge is 2.13. The molecule has 0 unspecified atom stereocenters. The van der Waals surface area contributed by atoms with Crippen molar-refractivity contribution in [2.45, 2.75) is 13.3 Å². The lowest BCUT2D eigenvalue weighted by Crippen LogP contribution is -2.15. The van der Waals surface area contributed by atoms with Crippen molar-refractivity contribution in [2.75, 3.05) is 5.32 Å². The van der Waals surface area contributed by atoms with Gasteiger partial charge in [0.15, 0.2) is 12.4 Å². The number of nitrogens with one attached hydrogen (secondary N) is 1. The summed E-state index contributed by atoms with van der Waals surface area (Å²) in [7, 11) is 0. The summed E-state index contributed by atoms with van der Waals surface area (Å²) in [6.45, 7) is 0.629. The van der Waals surface area contributed by atoms with Crippen LogP contribution >= 0.6 is 27.5 Å². The van der Waals surface area contributed by atoms with Gasteiger partial charge in [-0.2, -0.15) is 5.10 Å². The number of rotatable bonds is 7. The minimum Gasteiger partial charge on any atom is -0.471 e. The second-order valence-corrected chi connectivity index (χ2v) is 7.60. The molecule has 2 aromatic carbocycles. The summed E-state index contributed by atoms with van der Waals surface area (Å²) in [6, 6.07) is 16.5. The molecule has 0 saturated heterocycles. The minimum atomic E-state index is -0.409. The van der Waals surface area contributed by atoms with E-state index in [1.807, 2.05) is 48.5 Å². The minimum absolute atomic E-state index is 0.180. The van der Waals surface area contributed by atoms with Gasteiger partial charge in [0, 0.05) is 15.7 Å². The lowest BCUT2D eigenvalue weighted by atomic mass is 10.2. The molecule has 152 valence electrons. The fraction of sp³-hybridized carbons (Fsp3) is 0.100. The molecule has 4 aromatic rings. The fourth-order valence-corrected chi connectivity index (χ4v) is 3.08. The van der Waals surface area contributed by atoms with Crippen molar-refractivity contribution in [2.24, 2.45) is 0 Å². The molecular formula is C20H16BrClN6O2. The predicted molar refractivity (Wildman–Crippen MR) is 116 cm³/mol. The van der Waals surface area contributed by atoms with Crippen molar-refractivity contribution >= 4 is 39.4 Å². The Balaban J connectivity index is 1.34. The summed E-state index contributed by atoms with van der Waals surface area (Å²) in [6.07, 6.45) is 3.20. The standard InChI is InChI=1S/C20H16BrClN6O2/c21-15-5-7-16(8-6-15)30-13-27-10-9-18(25-27)19(29)24-20-23-12-28(26-20)11-14-3-1-2-4-17(14)22/h1-10,12H,11,13H2,(H,24,26,29). The predicted octanol–water partition coefficient (Wildman–Crippen LogP) is 4.23. The van der Waals surface area contributed by atoms with E-state index in [0.717, 1.165) is 10.0 Å². The van der Waals surface area contributed by atoms with Crippen molar-refractivity contribution < 1.29 is 9.53 Å². The number of carbonyl (C=O) groups is 1. The van der Waals surface area contributed by atoms with Gasteiger partial charge in [-0.1, -0.05) is 45.7 Å². The first-order valence-electron chi connectivity index (χ1n) is 8.93. The number of hydrogen-bond acceptors (Lipinski definition) is 5. The first kappa shape index (κ1) is 20.1. The molecule has 0 radical (unpaired) electrons. The molecule has 1 N–H and O–H groups in total. The maximum Gasteiger partial charge on any atom is 0.278 e. The molecule has 2 aromatic heterocycles. The van der Waals surface area contributed by atoms with E-state index in [4.69, 9.17) is 16.3 Å². The Bertz CT molecular complexity index is 1160. The number of carbonyl (C=O) groups excluding carboxylic acids is 1. The van der Waals surface area contributed by atoms with Crippen molar-refractivity contribution in [3.05, 3.63) is 87.9 Å². The molecule has 8 nitrogen and oxygen atoms in total. The van der Waals surface area contributed by atoms with Crippen LogP contribution in [0.25, 0.3) is 0 Å². The molecule has 0 aliphatic carbocycles. The summed E-state index contributed by atoms with van der Waals surface area (Å²) in [5.41, 5.74) is 1.14. The van der Waals surface area contributed by atoms with Crippen LogP contribution in [0.15, 0.2) is 71.6 Å². The number of nitrogens with zero attached hydrogens (tertiary/aromatic N) is 5. The average Bonchev–Trinajstić information content (AvgIpc) is 3.39. The normalized spacial score (nSPS) is 10.7. The van der Waals surface area contributed by atoms with Crippen LogP contribution in [-0.2, 0) is 13.3 Å². The van der Waals surface area contributed by atoms with Crippen LogP contribution in [-0.4, -0.2) is 30.5 Å². The highest BCUT2D eigenvalue weighted by Crippen LogP contribution is 2.17. The maximum absolute atomic E-state index is 12.4. The SMILES string of the molecule is O=C(Nc1ncn(Cc2ccccc2Cl)n1)c1ccn(COc2ccc(Br)cc2)n1. The van der Waals surface area contributed by atoms with Gasteiger partial charge in [0.25, 0.3) is 5.91 Å².